The smallest absolute Gasteiger partial charge is 0.416 e. The van der Waals surface area contributed by atoms with Gasteiger partial charge in [-0.25, -0.2) is 17.7 Å². The Balaban J connectivity index is 1.69. The number of esters is 1. The maximum atomic E-state index is 13.0. The van der Waals surface area contributed by atoms with E-state index in [0.29, 0.717) is 16.9 Å². The Morgan fingerprint density at radius 1 is 1.16 bits per heavy atom. The summed E-state index contributed by atoms with van der Waals surface area (Å²) in [5.74, 6) is -0.142. The second-order valence-corrected chi connectivity index (χ2v) is 9.49. The summed E-state index contributed by atoms with van der Waals surface area (Å²) in [5.41, 5.74) is 0.181. The zero-order chi connectivity index (χ0) is 23.7. The number of carbonyl (C=O) groups excluding carboxylic acids is 1. The van der Waals surface area contributed by atoms with Crippen molar-refractivity contribution in [3.8, 4) is 0 Å². The molecule has 32 heavy (non-hydrogen) atoms. The average molecular weight is 469 g/mol. The van der Waals surface area contributed by atoms with Gasteiger partial charge in [0.15, 0.2) is 0 Å². The predicted molar refractivity (Wildman–Crippen MR) is 111 cm³/mol. The normalized spacial score (nSPS) is 12.5. The van der Waals surface area contributed by atoms with E-state index in [9.17, 15) is 26.4 Å². The lowest BCUT2D eigenvalue weighted by atomic mass is 10.1. The van der Waals surface area contributed by atoms with Crippen molar-refractivity contribution in [3.05, 3.63) is 59.4 Å². The Bertz CT molecular complexity index is 1250. The van der Waals surface area contributed by atoms with Crippen molar-refractivity contribution in [2.24, 2.45) is 7.05 Å². The number of nitrogens with zero attached hydrogens (tertiary/aromatic N) is 3. The number of benzene rings is 2. The molecule has 11 heteroatoms. The first kappa shape index (κ1) is 23.7. The molecule has 0 unspecified atom stereocenters. The van der Waals surface area contributed by atoms with Gasteiger partial charge < -0.3 is 9.30 Å². The lowest BCUT2D eigenvalue weighted by Gasteiger charge is -2.12. The van der Waals surface area contributed by atoms with E-state index in [4.69, 9.17) is 4.74 Å². The van der Waals surface area contributed by atoms with Crippen molar-refractivity contribution in [2.45, 2.75) is 30.5 Å². The molecule has 3 aromatic rings. The van der Waals surface area contributed by atoms with Crippen LogP contribution in [0.5, 0.6) is 0 Å². The molecule has 7 nitrogen and oxygen atoms in total. The Morgan fingerprint density at radius 2 is 1.84 bits per heavy atom. The number of imidazole rings is 1. The van der Waals surface area contributed by atoms with E-state index in [-0.39, 0.29) is 23.3 Å². The van der Waals surface area contributed by atoms with Crippen LogP contribution in [0.2, 0.25) is 0 Å². The molecule has 0 atom stereocenters. The monoisotopic (exact) mass is 469 g/mol. The van der Waals surface area contributed by atoms with Gasteiger partial charge in [0.25, 0.3) is 0 Å². The molecule has 0 aliphatic carbocycles. The molecule has 0 radical (unpaired) electrons. The lowest BCUT2D eigenvalue weighted by molar-refractivity contribution is -0.147. The van der Waals surface area contributed by atoms with Crippen LogP contribution in [0, 0.1) is 0 Å². The number of aromatic nitrogens is 2. The Morgan fingerprint density at radius 3 is 2.50 bits per heavy atom. The number of aryl methyl sites for hydroxylation is 2. The van der Waals surface area contributed by atoms with Gasteiger partial charge in [0.2, 0.25) is 10.0 Å². The van der Waals surface area contributed by atoms with Gasteiger partial charge in [0, 0.05) is 33.1 Å². The maximum absolute atomic E-state index is 13.0. The summed E-state index contributed by atoms with van der Waals surface area (Å²) in [5, 5.41) is 0. The molecule has 3 rings (SSSR count). The van der Waals surface area contributed by atoms with Crippen LogP contribution in [-0.2, 0) is 45.8 Å². The Kier molecular flexibility index (Phi) is 6.61. The van der Waals surface area contributed by atoms with Gasteiger partial charge in [-0.3, -0.25) is 4.79 Å². The summed E-state index contributed by atoms with van der Waals surface area (Å²) in [4.78, 5) is 16.6. The highest BCUT2D eigenvalue weighted by Gasteiger charge is 2.33. The Labute approximate surface area is 183 Å². The molecule has 0 N–H and O–H groups in total. The van der Waals surface area contributed by atoms with Crippen molar-refractivity contribution in [1.82, 2.24) is 13.9 Å². The zero-order valence-corrected chi connectivity index (χ0v) is 18.5. The van der Waals surface area contributed by atoms with Crippen molar-refractivity contribution < 1.29 is 31.1 Å². The fourth-order valence-electron chi connectivity index (χ4n) is 3.19. The standard InChI is InChI=1S/C21H22F3N3O4S/c1-26(2)32(29,30)15-8-9-18-17(12-15)25-19(27(18)3)10-11-20(28)31-13-14-6-4-5-7-16(14)21(22,23)24/h4-9,12H,10-11,13H2,1-3H3. The summed E-state index contributed by atoms with van der Waals surface area (Å²) < 4.78 is 71.6. The second-order valence-electron chi connectivity index (χ2n) is 7.34. The molecule has 2 aromatic carbocycles. The van der Waals surface area contributed by atoms with E-state index in [0.717, 1.165) is 10.4 Å². The van der Waals surface area contributed by atoms with Crippen molar-refractivity contribution in [3.63, 3.8) is 0 Å². The highest BCUT2D eigenvalue weighted by Crippen LogP contribution is 2.32. The van der Waals surface area contributed by atoms with E-state index in [1.807, 2.05) is 0 Å². The minimum Gasteiger partial charge on any atom is -0.461 e. The van der Waals surface area contributed by atoms with E-state index in [2.05, 4.69) is 4.98 Å². The number of carbonyl (C=O) groups is 1. The van der Waals surface area contributed by atoms with E-state index >= 15 is 0 Å². The maximum Gasteiger partial charge on any atom is 0.416 e. The number of ether oxygens (including phenoxy) is 1. The summed E-state index contributed by atoms with van der Waals surface area (Å²) in [6, 6.07) is 9.50. The quantitative estimate of drug-likeness (QED) is 0.495. The van der Waals surface area contributed by atoms with Gasteiger partial charge in [0.05, 0.1) is 27.9 Å². The molecule has 0 spiro atoms. The number of halogens is 3. The highest BCUT2D eigenvalue weighted by atomic mass is 32.2. The number of sulfonamides is 1. The molecular weight excluding hydrogens is 447 g/mol. The van der Waals surface area contributed by atoms with Crippen LogP contribution >= 0.6 is 0 Å². The van der Waals surface area contributed by atoms with E-state index < -0.39 is 34.3 Å². The molecular formula is C21H22F3N3O4S. The molecule has 0 aliphatic rings. The van der Waals surface area contributed by atoms with Crippen LogP contribution in [0.4, 0.5) is 13.2 Å². The molecule has 1 aromatic heterocycles. The molecule has 0 aliphatic heterocycles. The summed E-state index contributed by atoms with van der Waals surface area (Å²) in [6.45, 7) is -0.483. The van der Waals surface area contributed by atoms with Gasteiger partial charge >= 0.3 is 12.1 Å². The zero-order valence-electron chi connectivity index (χ0n) is 17.7. The lowest BCUT2D eigenvalue weighted by Crippen LogP contribution is -2.22. The molecule has 0 saturated carbocycles. The first-order valence-electron chi connectivity index (χ1n) is 9.60. The number of rotatable bonds is 7. The summed E-state index contributed by atoms with van der Waals surface area (Å²) in [7, 11) is 0.982. The number of alkyl halides is 3. The highest BCUT2D eigenvalue weighted by molar-refractivity contribution is 7.89. The van der Waals surface area contributed by atoms with Gasteiger partial charge in [-0.05, 0) is 24.3 Å². The summed E-state index contributed by atoms with van der Waals surface area (Å²) in [6.07, 6.45) is -4.44. The minimum atomic E-state index is -4.53. The van der Waals surface area contributed by atoms with Crippen LogP contribution in [0.25, 0.3) is 11.0 Å². The van der Waals surface area contributed by atoms with Gasteiger partial charge in [-0.2, -0.15) is 13.2 Å². The van der Waals surface area contributed by atoms with Crippen LogP contribution in [0.15, 0.2) is 47.4 Å². The summed E-state index contributed by atoms with van der Waals surface area (Å²) >= 11 is 0. The van der Waals surface area contributed by atoms with E-state index in [1.54, 1.807) is 17.7 Å². The Hall–Kier alpha value is -2.92. The predicted octanol–water partition coefficient (Wildman–Crippen LogP) is 3.52. The van der Waals surface area contributed by atoms with Crippen LogP contribution in [0.3, 0.4) is 0 Å². The largest absolute Gasteiger partial charge is 0.461 e. The fourth-order valence-corrected chi connectivity index (χ4v) is 4.11. The van der Waals surface area contributed by atoms with E-state index in [1.165, 1.54) is 44.4 Å². The topological polar surface area (TPSA) is 81.5 Å². The SMILES string of the molecule is CN(C)S(=O)(=O)c1ccc2c(c1)nc(CCC(=O)OCc1ccccc1C(F)(F)F)n2C. The van der Waals surface area contributed by atoms with Crippen LogP contribution in [-0.4, -0.2) is 42.3 Å². The molecule has 0 saturated heterocycles. The first-order valence-corrected chi connectivity index (χ1v) is 11.0. The van der Waals surface area contributed by atoms with Gasteiger partial charge in [-0.1, -0.05) is 18.2 Å². The fraction of sp³-hybridized carbons (Fsp3) is 0.333. The van der Waals surface area contributed by atoms with Crippen molar-refractivity contribution in [1.29, 1.82) is 0 Å². The number of hydrogen-bond acceptors (Lipinski definition) is 5. The third-order valence-corrected chi connectivity index (χ3v) is 6.80. The van der Waals surface area contributed by atoms with Gasteiger partial charge in [-0.15, -0.1) is 0 Å². The first-order chi connectivity index (χ1) is 14.9. The van der Waals surface area contributed by atoms with Crippen molar-refractivity contribution in [2.75, 3.05) is 14.1 Å². The third-order valence-electron chi connectivity index (χ3n) is 4.99. The van der Waals surface area contributed by atoms with Crippen LogP contribution < -0.4 is 0 Å². The van der Waals surface area contributed by atoms with Crippen LogP contribution in [0.1, 0.15) is 23.4 Å². The average Bonchev–Trinajstić information content (AvgIpc) is 3.05. The molecule has 0 fully saturated rings. The molecule has 0 amide bonds. The minimum absolute atomic E-state index is 0.0891. The third kappa shape index (κ3) is 4.94. The van der Waals surface area contributed by atoms with Gasteiger partial charge in [0.1, 0.15) is 12.4 Å². The molecule has 172 valence electrons. The number of fused-ring (bicyclic) bond motifs is 1. The number of hydrogen-bond donors (Lipinski definition) is 0. The second kappa shape index (κ2) is 8.91. The van der Waals surface area contributed by atoms with Crippen molar-refractivity contribution >= 4 is 27.0 Å². The molecule has 1 heterocycles. The molecule has 0 bridgehead atoms.